The van der Waals surface area contributed by atoms with Crippen molar-refractivity contribution < 1.29 is 4.74 Å². The van der Waals surface area contributed by atoms with Gasteiger partial charge in [-0.3, -0.25) is 0 Å². The van der Waals surface area contributed by atoms with Gasteiger partial charge in [-0.25, -0.2) is 0 Å². The van der Waals surface area contributed by atoms with E-state index in [0.29, 0.717) is 18.0 Å². The molecule has 94 valence electrons. The van der Waals surface area contributed by atoms with Gasteiger partial charge in [0, 0.05) is 29.8 Å². The Labute approximate surface area is 108 Å². The lowest BCUT2D eigenvalue weighted by atomic mass is 10.0. The molecule has 2 atom stereocenters. The number of hydrogen-bond acceptors (Lipinski definition) is 3. The van der Waals surface area contributed by atoms with Crippen molar-refractivity contribution in [3.05, 3.63) is 29.8 Å². The highest BCUT2D eigenvalue weighted by Crippen LogP contribution is 2.38. The molecular weight excluding hydrogens is 230 g/mol. The average molecular weight is 251 g/mol. The predicted octanol–water partition coefficient (Wildman–Crippen LogP) is 3.09. The molecule has 3 heteroatoms. The Balaban J connectivity index is 2.05. The number of fused-ring (bicyclic) bond motifs is 1. The van der Waals surface area contributed by atoms with Crippen LogP contribution < -0.4 is 5.32 Å². The minimum atomic E-state index is 0.428. The van der Waals surface area contributed by atoms with Gasteiger partial charge in [-0.1, -0.05) is 32.0 Å². The van der Waals surface area contributed by atoms with Crippen molar-refractivity contribution >= 4 is 11.8 Å². The Kier molecular flexibility index (Phi) is 4.48. The zero-order valence-corrected chi connectivity index (χ0v) is 11.6. The molecule has 1 N–H and O–H groups in total. The third kappa shape index (κ3) is 3.03. The fraction of sp³-hybridized carbons (Fsp3) is 0.571. The molecule has 2 rings (SSSR count). The number of nitrogens with one attached hydrogen (secondary N) is 1. The number of ether oxygens (including phenoxy) is 1. The number of methoxy groups -OCH3 is 1. The van der Waals surface area contributed by atoms with Crippen molar-refractivity contribution in [2.75, 3.05) is 19.5 Å². The standard InChI is InChI=1S/C14H21NOS/c1-10(2)12(8-16-3)15-13-9-17-14-7-5-4-6-11(13)14/h4-7,10,12-13,15H,8-9H2,1-3H3. The lowest BCUT2D eigenvalue weighted by Crippen LogP contribution is -2.40. The molecule has 0 amide bonds. The minimum Gasteiger partial charge on any atom is -0.383 e. The molecule has 1 aliphatic heterocycles. The van der Waals surface area contributed by atoms with Crippen molar-refractivity contribution in [2.24, 2.45) is 5.92 Å². The molecule has 1 aromatic rings. The maximum absolute atomic E-state index is 5.29. The van der Waals surface area contributed by atoms with E-state index in [0.717, 1.165) is 12.4 Å². The normalized spacial score (nSPS) is 20.6. The molecule has 1 aromatic carbocycles. The van der Waals surface area contributed by atoms with Gasteiger partial charge >= 0.3 is 0 Å². The highest BCUT2D eigenvalue weighted by atomic mass is 32.2. The van der Waals surface area contributed by atoms with E-state index in [4.69, 9.17) is 4.74 Å². The zero-order chi connectivity index (χ0) is 12.3. The molecule has 0 saturated carbocycles. The van der Waals surface area contributed by atoms with E-state index in [1.807, 2.05) is 11.8 Å². The highest BCUT2D eigenvalue weighted by Gasteiger charge is 2.25. The maximum atomic E-state index is 5.29. The van der Waals surface area contributed by atoms with E-state index in [1.165, 1.54) is 10.5 Å². The van der Waals surface area contributed by atoms with E-state index in [-0.39, 0.29) is 0 Å². The molecule has 0 aliphatic carbocycles. The number of thioether (sulfide) groups is 1. The second-order valence-corrected chi connectivity index (χ2v) is 5.94. The van der Waals surface area contributed by atoms with Crippen LogP contribution in [0.5, 0.6) is 0 Å². The average Bonchev–Trinajstić information content (AvgIpc) is 2.72. The van der Waals surface area contributed by atoms with Gasteiger partial charge in [0.25, 0.3) is 0 Å². The Morgan fingerprint density at radius 3 is 2.88 bits per heavy atom. The summed E-state index contributed by atoms with van der Waals surface area (Å²) in [4.78, 5) is 1.42. The van der Waals surface area contributed by atoms with Gasteiger partial charge in [0.2, 0.25) is 0 Å². The fourth-order valence-corrected chi connectivity index (χ4v) is 3.35. The third-order valence-electron chi connectivity index (χ3n) is 3.27. The monoisotopic (exact) mass is 251 g/mol. The number of hydrogen-bond donors (Lipinski definition) is 1. The lowest BCUT2D eigenvalue weighted by molar-refractivity contribution is 0.142. The molecule has 17 heavy (non-hydrogen) atoms. The topological polar surface area (TPSA) is 21.3 Å². The fourth-order valence-electron chi connectivity index (χ4n) is 2.17. The second kappa shape index (κ2) is 5.89. The second-order valence-electron chi connectivity index (χ2n) is 4.87. The largest absolute Gasteiger partial charge is 0.383 e. The van der Waals surface area contributed by atoms with Gasteiger partial charge in [-0.05, 0) is 17.5 Å². The number of benzene rings is 1. The molecule has 0 saturated heterocycles. The molecule has 0 aromatic heterocycles. The van der Waals surface area contributed by atoms with Crippen LogP contribution in [0.3, 0.4) is 0 Å². The van der Waals surface area contributed by atoms with E-state index in [1.54, 1.807) is 7.11 Å². The molecule has 0 bridgehead atoms. The summed E-state index contributed by atoms with van der Waals surface area (Å²) in [6, 6.07) is 9.58. The molecule has 0 spiro atoms. The third-order valence-corrected chi connectivity index (χ3v) is 4.45. The van der Waals surface area contributed by atoms with Gasteiger partial charge in [0.05, 0.1) is 6.61 Å². The SMILES string of the molecule is COCC(NC1CSc2ccccc21)C(C)C. The van der Waals surface area contributed by atoms with Crippen molar-refractivity contribution in [3.63, 3.8) is 0 Å². The van der Waals surface area contributed by atoms with Crippen LogP contribution in [0.1, 0.15) is 25.5 Å². The van der Waals surface area contributed by atoms with Gasteiger partial charge in [0.1, 0.15) is 0 Å². The van der Waals surface area contributed by atoms with Crippen LogP contribution in [0.15, 0.2) is 29.2 Å². The molecular formula is C14H21NOS. The molecule has 2 unspecified atom stereocenters. The first-order valence-corrected chi connectivity index (χ1v) is 7.17. The van der Waals surface area contributed by atoms with E-state index >= 15 is 0 Å². The van der Waals surface area contributed by atoms with E-state index < -0.39 is 0 Å². The van der Waals surface area contributed by atoms with Gasteiger partial charge in [-0.15, -0.1) is 11.8 Å². The first-order chi connectivity index (χ1) is 8.22. The molecule has 0 fully saturated rings. The summed E-state index contributed by atoms with van der Waals surface area (Å²) in [6.07, 6.45) is 0. The zero-order valence-electron chi connectivity index (χ0n) is 10.8. The van der Waals surface area contributed by atoms with Gasteiger partial charge in [-0.2, -0.15) is 0 Å². The quantitative estimate of drug-likeness (QED) is 0.869. The van der Waals surface area contributed by atoms with Crippen molar-refractivity contribution in [3.8, 4) is 0 Å². The van der Waals surface area contributed by atoms with E-state index in [2.05, 4.69) is 43.4 Å². The summed E-state index contributed by atoms with van der Waals surface area (Å²) in [5.74, 6) is 1.72. The molecule has 0 radical (unpaired) electrons. The van der Waals surface area contributed by atoms with Crippen LogP contribution in [0.4, 0.5) is 0 Å². The predicted molar refractivity (Wildman–Crippen MR) is 73.5 cm³/mol. The molecule has 2 nitrogen and oxygen atoms in total. The van der Waals surface area contributed by atoms with Crippen LogP contribution in [0, 0.1) is 5.92 Å². The van der Waals surface area contributed by atoms with Crippen LogP contribution in [0.2, 0.25) is 0 Å². The number of rotatable bonds is 5. The summed E-state index contributed by atoms with van der Waals surface area (Å²) in [6.45, 7) is 5.26. The Bertz CT molecular complexity index is 367. The van der Waals surface area contributed by atoms with Crippen LogP contribution in [-0.4, -0.2) is 25.5 Å². The lowest BCUT2D eigenvalue weighted by Gasteiger charge is -2.25. The summed E-state index contributed by atoms with van der Waals surface area (Å²) in [7, 11) is 1.77. The minimum absolute atomic E-state index is 0.428. The van der Waals surface area contributed by atoms with Crippen LogP contribution in [-0.2, 0) is 4.74 Å². The summed E-state index contributed by atoms with van der Waals surface area (Å²) in [5.41, 5.74) is 1.44. The summed E-state index contributed by atoms with van der Waals surface area (Å²) >= 11 is 1.94. The molecule has 1 heterocycles. The van der Waals surface area contributed by atoms with Gasteiger partial charge in [0.15, 0.2) is 0 Å². The smallest absolute Gasteiger partial charge is 0.0618 e. The van der Waals surface area contributed by atoms with Crippen molar-refractivity contribution in [2.45, 2.75) is 30.8 Å². The first-order valence-electron chi connectivity index (χ1n) is 6.19. The highest BCUT2D eigenvalue weighted by molar-refractivity contribution is 7.99. The van der Waals surface area contributed by atoms with Crippen molar-refractivity contribution in [1.82, 2.24) is 5.32 Å². The summed E-state index contributed by atoms with van der Waals surface area (Å²) in [5, 5.41) is 3.73. The van der Waals surface area contributed by atoms with Crippen LogP contribution in [0.25, 0.3) is 0 Å². The van der Waals surface area contributed by atoms with Gasteiger partial charge < -0.3 is 10.1 Å². The Morgan fingerprint density at radius 2 is 2.18 bits per heavy atom. The Morgan fingerprint density at radius 1 is 1.41 bits per heavy atom. The first kappa shape index (κ1) is 12.9. The van der Waals surface area contributed by atoms with Crippen LogP contribution >= 0.6 is 11.8 Å². The summed E-state index contributed by atoms with van der Waals surface area (Å²) < 4.78 is 5.29. The molecule has 1 aliphatic rings. The van der Waals surface area contributed by atoms with E-state index in [9.17, 15) is 0 Å². The Hall–Kier alpha value is -0.510. The maximum Gasteiger partial charge on any atom is 0.0618 e. The van der Waals surface area contributed by atoms with Crippen molar-refractivity contribution in [1.29, 1.82) is 0 Å².